The zero-order valence-electron chi connectivity index (χ0n) is 14.6. The van der Waals surface area contributed by atoms with Gasteiger partial charge >= 0.3 is 5.97 Å². The lowest BCUT2D eigenvalue weighted by Crippen LogP contribution is -2.26. The van der Waals surface area contributed by atoms with Gasteiger partial charge in [-0.2, -0.15) is 0 Å². The first-order valence-corrected chi connectivity index (χ1v) is 9.49. The average molecular weight is 374 g/mol. The number of anilines is 2. The highest BCUT2D eigenvalue weighted by Gasteiger charge is 2.15. The van der Waals surface area contributed by atoms with E-state index in [9.17, 15) is 4.79 Å². The maximum atomic E-state index is 12.5. The van der Waals surface area contributed by atoms with Gasteiger partial charge in [0.15, 0.2) is 0 Å². The molecule has 0 N–H and O–H groups in total. The fourth-order valence-electron chi connectivity index (χ4n) is 2.85. The largest absolute Gasteiger partial charge is 0.457 e. The zero-order chi connectivity index (χ0) is 18.5. The maximum Gasteiger partial charge on any atom is 0.326 e. The van der Waals surface area contributed by atoms with Gasteiger partial charge in [-0.3, -0.25) is 4.79 Å². The Morgan fingerprint density at radius 2 is 1.44 bits per heavy atom. The second kappa shape index (κ2) is 8.01. The molecule has 134 valence electrons. The summed E-state index contributed by atoms with van der Waals surface area (Å²) < 4.78 is 6.59. The molecular weight excluding hydrogens is 356 g/mol. The van der Waals surface area contributed by atoms with Gasteiger partial charge in [0.2, 0.25) is 0 Å². The minimum Gasteiger partial charge on any atom is -0.457 e. The van der Waals surface area contributed by atoms with E-state index in [-0.39, 0.29) is 19.1 Å². The number of benzene rings is 3. The fourth-order valence-corrected chi connectivity index (χ4v) is 3.73. The topological polar surface area (TPSA) is 42.4 Å². The van der Waals surface area contributed by atoms with Gasteiger partial charge in [-0.15, -0.1) is 11.3 Å². The van der Waals surface area contributed by atoms with Crippen LogP contribution in [-0.2, 0) is 16.1 Å². The molecule has 0 saturated heterocycles. The van der Waals surface area contributed by atoms with Crippen molar-refractivity contribution in [3.8, 4) is 0 Å². The van der Waals surface area contributed by atoms with Crippen LogP contribution < -0.4 is 4.90 Å². The van der Waals surface area contributed by atoms with Crippen LogP contribution in [0.15, 0.2) is 84.9 Å². The van der Waals surface area contributed by atoms with Gasteiger partial charge in [-0.1, -0.05) is 48.5 Å². The number of fused-ring (bicyclic) bond motifs is 1. The molecule has 4 aromatic rings. The number of aromatic nitrogens is 1. The molecule has 0 fully saturated rings. The second-order valence-electron chi connectivity index (χ2n) is 5.99. The summed E-state index contributed by atoms with van der Waals surface area (Å²) in [6, 6.07) is 27.6. The van der Waals surface area contributed by atoms with E-state index in [0.29, 0.717) is 0 Å². The Morgan fingerprint density at radius 3 is 2.07 bits per heavy atom. The average Bonchev–Trinajstić information content (AvgIpc) is 3.15. The van der Waals surface area contributed by atoms with Crippen LogP contribution in [0.3, 0.4) is 0 Å². The van der Waals surface area contributed by atoms with E-state index in [2.05, 4.69) is 4.98 Å². The predicted molar refractivity (Wildman–Crippen MR) is 109 cm³/mol. The van der Waals surface area contributed by atoms with Crippen LogP contribution in [0.25, 0.3) is 10.2 Å². The third kappa shape index (κ3) is 4.15. The van der Waals surface area contributed by atoms with Crippen molar-refractivity contribution in [2.45, 2.75) is 6.61 Å². The molecular formula is C22H18N2O2S. The van der Waals surface area contributed by atoms with E-state index < -0.39 is 0 Å². The smallest absolute Gasteiger partial charge is 0.326 e. The van der Waals surface area contributed by atoms with Crippen molar-refractivity contribution >= 4 is 38.9 Å². The lowest BCUT2D eigenvalue weighted by Gasteiger charge is -2.23. The molecule has 0 saturated carbocycles. The quantitative estimate of drug-likeness (QED) is 0.436. The summed E-state index contributed by atoms with van der Waals surface area (Å²) in [5.41, 5.74) is 2.82. The van der Waals surface area contributed by atoms with Crippen molar-refractivity contribution in [3.63, 3.8) is 0 Å². The molecule has 0 atom stereocenters. The molecule has 0 amide bonds. The van der Waals surface area contributed by atoms with Crippen molar-refractivity contribution in [1.82, 2.24) is 4.98 Å². The Bertz CT molecular complexity index is 959. The first-order chi connectivity index (χ1) is 13.3. The predicted octanol–water partition coefficient (Wildman–Crippen LogP) is 5.18. The summed E-state index contributed by atoms with van der Waals surface area (Å²) in [5, 5.41) is 0.801. The number of ether oxygens (including phenoxy) is 1. The van der Waals surface area contributed by atoms with Crippen molar-refractivity contribution in [1.29, 1.82) is 0 Å². The highest BCUT2D eigenvalue weighted by molar-refractivity contribution is 7.18. The second-order valence-corrected chi connectivity index (χ2v) is 7.11. The van der Waals surface area contributed by atoms with Crippen molar-refractivity contribution in [2.24, 2.45) is 0 Å². The molecule has 0 radical (unpaired) electrons. The zero-order valence-corrected chi connectivity index (χ0v) is 15.4. The van der Waals surface area contributed by atoms with Gasteiger partial charge in [0, 0.05) is 11.4 Å². The van der Waals surface area contributed by atoms with E-state index in [1.54, 1.807) is 11.3 Å². The van der Waals surface area contributed by atoms with E-state index in [0.717, 1.165) is 26.6 Å². The number of thiazole rings is 1. The van der Waals surface area contributed by atoms with E-state index in [1.807, 2.05) is 89.8 Å². The standard InChI is InChI=1S/C22H18N2O2S/c25-22(26-16-21-23-19-13-7-8-14-20(19)27-21)15-24(17-9-3-1-4-10-17)18-11-5-2-6-12-18/h1-14H,15-16H2. The van der Waals surface area contributed by atoms with Gasteiger partial charge in [0.05, 0.1) is 10.2 Å². The summed E-state index contributed by atoms with van der Waals surface area (Å²) in [6.07, 6.45) is 0. The van der Waals surface area contributed by atoms with Crippen LogP contribution in [0.2, 0.25) is 0 Å². The maximum absolute atomic E-state index is 12.5. The Balaban J connectivity index is 1.47. The number of para-hydroxylation sites is 3. The van der Waals surface area contributed by atoms with E-state index in [1.165, 1.54) is 0 Å². The number of hydrogen-bond donors (Lipinski definition) is 0. The number of rotatable bonds is 6. The van der Waals surface area contributed by atoms with Gasteiger partial charge in [-0.05, 0) is 36.4 Å². The van der Waals surface area contributed by atoms with Crippen LogP contribution in [0, 0.1) is 0 Å². The van der Waals surface area contributed by atoms with Gasteiger partial charge < -0.3 is 9.64 Å². The first kappa shape index (κ1) is 17.2. The third-order valence-electron chi connectivity index (χ3n) is 4.12. The highest BCUT2D eigenvalue weighted by Crippen LogP contribution is 2.25. The summed E-state index contributed by atoms with van der Waals surface area (Å²) in [4.78, 5) is 19.0. The molecule has 27 heavy (non-hydrogen) atoms. The van der Waals surface area contributed by atoms with E-state index in [4.69, 9.17) is 4.74 Å². The number of carbonyl (C=O) groups excluding carboxylic acids is 1. The molecule has 0 bridgehead atoms. The van der Waals surface area contributed by atoms with Crippen LogP contribution in [0.1, 0.15) is 5.01 Å². The molecule has 5 heteroatoms. The first-order valence-electron chi connectivity index (χ1n) is 8.67. The summed E-state index contributed by atoms with van der Waals surface area (Å²) >= 11 is 1.55. The van der Waals surface area contributed by atoms with Gasteiger partial charge in [0.25, 0.3) is 0 Å². The Kier molecular flexibility index (Phi) is 5.12. The van der Waals surface area contributed by atoms with Gasteiger partial charge in [-0.25, -0.2) is 4.98 Å². The van der Waals surface area contributed by atoms with Crippen molar-refractivity contribution in [3.05, 3.63) is 89.9 Å². The minimum atomic E-state index is -0.290. The monoisotopic (exact) mass is 374 g/mol. The van der Waals surface area contributed by atoms with E-state index >= 15 is 0 Å². The van der Waals surface area contributed by atoms with Gasteiger partial charge in [0.1, 0.15) is 18.2 Å². The molecule has 0 aliphatic carbocycles. The summed E-state index contributed by atoms with van der Waals surface area (Å²) in [5.74, 6) is -0.290. The lowest BCUT2D eigenvalue weighted by molar-refractivity contribution is -0.143. The van der Waals surface area contributed by atoms with Crippen molar-refractivity contribution in [2.75, 3.05) is 11.4 Å². The van der Waals surface area contributed by atoms with Crippen LogP contribution in [0.5, 0.6) is 0 Å². The molecule has 0 aliphatic rings. The third-order valence-corrected chi connectivity index (χ3v) is 5.13. The summed E-state index contributed by atoms with van der Waals surface area (Å²) in [7, 11) is 0. The van der Waals surface area contributed by atoms with Crippen LogP contribution >= 0.6 is 11.3 Å². The molecule has 1 heterocycles. The number of hydrogen-bond acceptors (Lipinski definition) is 5. The molecule has 1 aromatic heterocycles. The lowest BCUT2D eigenvalue weighted by atomic mass is 10.2. The molecule has 0 unspecified atom stereocenters. The van der Waals surface area contributed by atoms with Crippen LogP contribution in [0.4, 0.5) is 11.4 Å². The molecule has 4 nitrogen and oxygen atoms in total. The molecule has 4 rings (SSSR count). The SMILES string of the molecule is O=C(CN(c1ccccc1)c1ccccc1)OCc1nc2ccccc2s1. The van der Waals surface area contributed by atoms with Crippen molar-refractivity contribution < 1.29 is 9.53 Å². The Morgan fingerprint density at radius 1 is 0.852 bits per heavy atom. The number of carbonyl (C=O) groups is 1. The van der Waals surface area contributed by atoms with Crippen LogP contribution in [-0.4, -0.2) is 17.5 Å². The minimum absolute atomic E-state index is 0.138. The molecule has 0 aliphatic heterocycles. The normalized spacial score (nSPS) is 10.7. The fraction of sp³-hybridized carbons (Fsp3) is 0.0909. The number of esters is 1. The molecule has 3 aromatic carbocycles. The Hall–Kier alpha value is -3.18. The number of nitrogens with zero attached hydrogens (tertiary/aromatic N) is 2. The molecule has 0 spiro atoms. The summed E-state index contributed by atoms with van der Waals surface area (Å²) in [6.45, 7) is 0.328. The highest BCUT2D eigenvalue weighted by atomic mass is 32.1. The Labute approximate surface area is 161 Å².